The summed E-state index contributed by atoms with van der Waals surface area (Å²) in [7, 11) is 1.75. The zero-order valence-electron chi connectivity index (χ0n) is 31.4. The van der Waals surface area contributed by atoms with Crippen molar-refractivity contribution in [3.8, 4) is 0 Å². The number of rotatable bonds is 10. The molecule has 1 amide bonds. The number of likely N-dealkylation sites (tertiary alicyclic amines) is 1. The summed E-state index contributed by atoms with van der Waals surface area (Å²) in [5.74, 6) is 0.614. The summed E-state index contributed by atoms with van der Waals surface area (Å²) in [6, 6.07) is 0.946. The minimum Gasteiger partial charge on any atom is -0.466 e. The Bertz CT molecular complexity index is 1830. The van der Waals surface area contributed by atoms with Gasteiger partial charge in [-0.2, -0.15) is 31.3 Å². The van der Waals surface area contributed by atoms with Gasteiger partial charge in [0.05, 0.1) is 35.9 Å². The lowest BCUT2D eigenvalue weighted by molar-refractivity contribution is -0.148. The standard InChI is InChI=1S/C38H45ClF6N8O3/c1-4-29-17-30(22-52(29)33-31(39)20-48-36(49-33)51-12-9-25(10-13-51)34(55)56-5-2)53(21-23-14-27(37(40,41)42)16-28(15-23)38(43,44)45)35-46-18-26(19-47-35)24-6-7-32(54)50(3)11-8-24/h14-16,18-20,24-25,29-30H,4-13,17,21-22H2,1-3H3/t24?,29?,30-/m0/s1. The molecule has 3 aromatic rings. The molecule has 3 aliphatic heterocycles. The fraction of sp³-hybridized carbons (Fsp3) is 0.579. The number of halogens is 7. The second-order valence-corrected chi connectivity index (χ2v) is 15.1. The third-order valence-corrected chi connectivity index (χ3v) is 11.3. The van der Waals surface area contributed by atoms with E-state index in [9.17, 15) is 35.9 Å². The van der Waals surface area contributed by atoms with E-state index < -0.39 is 29.5 Å². The van der Waals surface area contributed by atoms with Crippen LogP contribution in [0.15, 0.2) is 36.8 Å². The number of piperidine rings is 1. The first-order chi connectivity index (χ1) is 26.5. The number of benzene rings is 1. The van der Waals surface area contributed by atoms with Crippen molar-refractivity contribution < 1.29 is 40.7 Å². The summed E-state index contributed by atoms with van der Waals surface area (Å²) in [4.78, 5) is 50.5. The third kappa shape index (κ3) is 9.40. The van der Waals surface area contributed by atoms with E-state index in [1.165, 1.54) is 6.20 Å². The van der Waals surface area contributed by atoms with Crippen molar-refractivity contribution in [2.75, 3.05) is 54.5 Å². The Labute approximate surface area is 326 Å². The van der Waals surface area contributed by atoms with E-state index in [0.29, 0.717) is 83.0 Å². The molecule has 11 nitrogen and oxygen atoms in total. The smallest absolute Gasteiger partial charge is 0.416 e. The van der Waals surface area contributed by atoms with Crippen molar-refractivity contribution in [2.45, 2.75) is 95.7 Å². The second kappa shape index (κ2) is 17.0. The fourth-order valence-corrected chi connectivity index (χ4v) is 8.04. The van der Waals surface area contributed by atoms with Gasteiger partial charge in [-0.15, -0.1) is 0 Å². The van der Waals surface area contributed by atoms with Crippen LogP contribution in [0.1, 0.15) is 87.0 Å². The van der Waals surface area contributed by atoms with Crippen molar-refractivity contribution >= 4 is 41.2 Å². The van der Waals surface area contributed by atoms with Gasteiger partial charge >= 0.3 is 18.3 Å². The number of esters is 1. The molecule has 6 rings (SSSR count). The minimum absolute atomic E-state index is 0.000656. The van der Waals surface area contributed by atoms with Crippen LogP contribution in [-0.2, 0) is 33.2 Å². The number of nitrogens with zero attached hydrogens (tertiary/aromatic N) is 8. The summed E-state index contributed by atoms with van der Waals surface area (Å²) < 4.78 is 88.8. The van der Waals surface area contributed by atoms with E-state index in [4.69, 9.17) is 21.3 Å². The molecule has 0 spiro atoms. The maximum Gasteiger partial charge on any atom is 0.416 e. The van der Waals surface area contributed by atoms with Crippen molar-refractivity contribution in [1.29, 1.82) is 0 Å². The van der Waals surface area contributed by atoms with Gasteiger partial charge in [-0.3, -0.25) is 9.59 Å². The predicted molar refractivity (Wildman–Crippen MR) is 197 cm³/mol. The van der Waals surface area contributed by atoms with Gasteiger partial charge in [0.15, 0.2) is 5.82 Å². The predicted octanol–water partition coefficient (Wildman–Crippen LogP) is 7.53. The van der Waals surface area contributed by atoms with E-state index in [0.717, 1.165) is 17.7 Å². The van der Waals surface area contributed by atoms with Crippen LogP contribution in [0.3, 0.4) is 0 Å². The molecule has 3 aliphatic rings. The Morgan fingerprint density at radius 3 is 2.20 bits per heavy atom. The molecule has 0 N–H and O–H groups in total. The number of anilines is 3. The van der Waals surface area contributed by atoms with Crippen LogP contribution in [0.2, 0.25) is 5.02 Å². The van der Waals surface area contributed by atoms with Crippen molar-refractivity contribution in [3.05, 3.63) is 64.1 Å². The molecule has 0 bridgehead atoms. The highest BCUT2D eigenvalue weighted by Gasteiger charge is 2.40. The fourth-order valence-electron chi connectivity index (χ4n) is 7.84. The quantitative estimate of drug-likeness (QED) is 0.151. The minimum atomic E-state index is -5.01. The maximum absolute atomic E-state index is 13.9. The number of ether oxygens (including phenoxy) is 1. The van der Waals surface area contributed by atoms with Gasteiger partial charge in [0.2, 0.25) is 17.8 Å². The van der Waals surface area contributed by atoms with Crippen molar-refractivity contribution in [1.82, 2.24) is 24.8 Å². The van der Waals surface area contributed by atoms with Crippen molar-refractivity contribution in [2.24, 2.45) is 5.92 Å². The summed E-state index contributed by atoms with van der Waals surface area (Å²) in [6.07, 6.45) is -1.39. The number of hydrogen-bond donors (Lipinski definition) is 0. The number of carbonyl (C=O) groups excluding carboxylic acids is 2. The highest BCUT2D eigenvalue weighted by molar-refractivity contribution is 6.32. The molecule has 1 aromatic carbocycles. The van der Waals surface area contributed by atoms with Gasteiger partial charge in [-0.1, -0.05) is 18.5 Å². The topological polar surface area (TPSA) is 108 Å². The van der Waals surface area contributed by atoms with E-state index >= 15 is 0 Å². The van der Waals surface area contributed by atoms with E-state index in [-0.39, 0.29) is 65.4 Å². The number of carbonyl (C=O) groups is 2. The van der Waals surface area contributed by atoms with Crippen LogP contribution in [0.4, 0.5) is 44.1 Å². The molecule has 3 atom stereocenters. The van der Waals surface area contributed by atoms with Crippen LogP contribution in [0.25, 0.3) is 0 Å². The molecule has 18 heteroatoms. The molecule has 2 aromatic heterocycles. The van der Waals surface area contributed by atoms with E-state index in [1.807, 2.05) is 16.7 Å². The number of alkyl halides is 6. The van der Waals surface area contributed by atoms with Gasteiger partial charge in [0, 0.05) is 64.6 Å². The Morgan fingerprint density at radius 1 is 0.929 bits per heavy atom. The average Bonchev–Trinajstić information content (AvgIpc) is 3.52. The van der Waals surface area contributed by atoms with Gasteiger partial charge in [-0.05, 0) is 80.7 Å². The second-order valence-electron chi connectivity index (χ2n) is 14.7. The molecule has 3 saturated heterocycles. The maximum atomic E-state index is 13.9. The van der Waals surface area contributed by atoms with Gasteiger partial charge in [0.1, 0.15) is 5.02 Å². The largest absolute Gasteiger partial charge is 0.466 e. The van der Waals surface area contributed by atoms with E-state index in [2.05, 4.69) is 15.0 Å². The zero-order chi connectivity index (χ0) is 40.4. The Balaban J connectivity index is 1.31. The summed E-state index contributed by atoms with van der Waals surface area (Å²) >= 11 is 6.73. The van der Waals surface area contributed by atoms with E-state index in [1.54, 1.807) is 36.2 Å². The first-order valence-electron chi connectivity index (χ1n) is 18.9. The Kier molecular flexibility index (Phi) is 12.5. The SMILES string of the molecule is CCOC(=O)C1CCN(c2ncc(Cl)c(N3C[C@@H](N(Cc4cc(C(F)(F)F)cc(C(F)(F)F)c4)c4ncc(C5CCC(=O)N(C)CC5)cn4)CC3CC)n2)CC1. The highest BCUT2D eigenvalue weighted by Crippen LogP contribution is 2.39. The molecule has 0 radical (unpaired) electrons. The van der Waals surface area contributed by atoms with Gasteiger partial charge in [-0.25, -0.2) is 15.0 Å². The average molecular weight is 811 g/mol. The molecule has 304 valence electrons. The first kappa shape index (κ1) is 41.2. The Morgan fingerprint density at radius 2 is 1.59 bits per heavy atom. The molecule has 5 heterocycles. The summed E-state index contributed by atoms with van der Waals surface area (Å²) in [5.41, 5.74) is -2.22. The van der Waals surface area contributed by atoms with Crippen molar-refractivity contribution in [3.63, 3.8) is 0 Å². The monoisotopic (exact) mass is 810 g/mol. The molecule has 3 fully saturated rings. The summed E-state index contributed by atoms with van der Waals surface area (Å²) in [6.45, 7) is 5.57. The molecular formula is C38H45ClF6N8O3. The van der Waals surface area contributed by atoms with Crippen LogP contribution < -0.4 is 14.7 Å². The van der Waals surface area contributed by atoms with Crippen LogP contribution in [0.5, 0.6) is 0 Å². The number of hydrogen-bond acceptors (Lipinski definition) is 10. The van der Waals surface area contributed by atoms with Gasteiger partial charge < -0.3 is 24.3 Å². The third-order valence-electron chi connectivity index (χ3n) is 11.0. The normalized spacial score (nSPS) is 21.4. The first-order valence-corrected chi connectivity index (χ1v) is 19.2. The number of aromatic nitrogens is 4. The number of amides is 1. The summed E-state index contributed by atoms with van der Waals surface area (Å²) in [5, 5.41) is 0.279. The van der Waals surface area contributed by atoms with Crippen LogP contribution in [-0.4, -0.2) is 88.6 Å². The van der Waals surface area contributed by atoms with Crippen LogP contribution >= 0.6 is 11.6 Å². The zero-order valence-corrected chi connectivity index (χ0v) is 32.2. The van der Waals surface area contributed by atoms with Crippen LogP contribution in [0, 0.1) is 5.92 Å². The van der Waals surface area contributed by atoms with Gasteiger partial charge in [0.25, 0.3) is 0 Å². The molecule has 56 heavy (non-hydrogen) atoms. The molecule has 2 unspecified atom stereocenters. The lowest BCUT2D eigenvalue weighted by atomic mass is 9.94. The lowest BCUT2D eigenvalue weighted by Gasteiger charge is -2.32. The Hall–Kier alpha value is -4.41. The molecule has 0 aliphatic carbocycles. The lowest BCUT2D eigenvalue weighted by Crippen LogP contribution is -2.39. The highest BCUT2D eigenvalue weighted by atomic mass is 35.5. The molecule has 0 saturated carbocycles. The molecular weight excluding hydrogens is 766 g/mol.